The van der Waals surface area contributed by atoms with E-state index in [1.54, 1.807) is 11.8 Å². The van der Waals surface area contributed by atoms with Gasteiger partial charge < -0.3 is 10.2 Å². The number of pyridine rings is 1. The summed E-state index contributed by atoms with van der Waals surface area (Å²) in [5.74, 6) is 3.50. The van der Waals surface area contributed by atoms with Crippen LogP contribution in [0.1, 0.15) is 12.1 Å². The number of nitrogens with zero attached hydrogens (tertiary/aromatic N) is 2. The van der Waals surface area contributed by atoms with Crippen molar-refractivity contribution >= 4 is 42.5 Å². The number of hydrogen-bond donors (Lipinski definition) is 1. The van der Waals surface area contributed by atoms with Gasteiger partial charge in [0.15, 0.2) is 0 Å². The van der Waals surface area contributed by atoms with Crippen molar-refractivity contribution in [2.75, 3.05) is 31.9 Å². The fraction of sp³-hybridized carbons (Fsp3) is 0.600. The van der Waals surface area contributed by atoms with E-state index in [-0.39, 0.29) is 24.8 Å². The molecule has 2 atom stereocenters. The number of carbonyl (C=O) groups is 1. The zero-order chi connectivity index (χ0) is 13.8. The quantitative estimate of drug-likeness (QED) is 0.814. The number of halogens is 2. The van der Waals surface area contributed by atoms with Gasteiger partial charge in [0.1, 0.15) is 0 Å². The molecule has 0 radical (unpaired) electrons. The Balaban J connectivity index is 0.00000121. The van der Waals surface area contributed by atoms with Crippen LogP contribution in [-0.4, -0.2) is 47.7 Å². The van der Waals surface area contributed by atoms with Crippen LogP contribution in [0.2, 0.25) is 0 Å². The monoisotopic (exact) mass is 363 g/mol. The molecule has 0 saturated carbocycles. The molecule has 0 spiro atoms. The van der Waals surface area contributed by atoms with Crippen LogP contribution in [0.25, 0.3) is 0 Å². The fourth-order valence-corrected chi connectivity index (χ4v) is 3.88. The number of rotatable bonds is 5. The molecule has 22 heavy (non-hydrogen) atoms. The van der Waals surface area contributed by atoms with Crippen molar-refractivity contribution in [2.24, 2.45) is 11.8 Å². The molecule has 2 aliphatic heterocycles. The molecule has 7 heteroatoms. The van der Waals surface area contributed by atoms with Crippen molar-refractivity contribution in [3.8, 4) is 0 Å². The second-order valence-corrected chi connectivity index (χ2v) is 6.71. The molecule has 0 aliphatic carbocycles. The minimum Gasteiger partial charge on any atom is -0.342 e. The molecule has 2 fully saturated rings. The third-order valence-electron chi connectivity index (χ3n) is 4.18. The maximum Gasteiger partial charge on any atom is 0.223 e. The van der Waals surface area contributed by atoms with Crippen LogP contribution in [0.4, 0.5) is 0 Å². The van der Waals surface area contributed by atoms with E-state index < -0.39 is 0 Å². The standard InChI is InChI=1S/C15H21N3OS.2ClH/c19-15(18-9-12-7-16-8-13(12)10-18)4-6-20-11-14-3-1-2-5-17-14;;/h1-3,5,12-13,16H,4,6-11H2;2*1H/t12-,13+;;. The molecule has 4 nitrogen and oxygen atoms in total. The smallest absolute Gasteiger partial charge is 0.223 e. The topological polar surface area (TPSA) is 45.2 Å². The molecule has 2 aliphatic rings. The molecule has 1 N–H and O–H groups in total. The summed E-state index contributed by atoms with van der Waals surface area (Å²) in [7, 11) is 0. The first kappa shape index (κ1) is 19.6. The number of amides is 1. The Morgan fingerprint density at radius 1 is 1.27 bits per heavy atom. The van der Waals surface area contributed by atoms with Crippen LogP contribution >= 0.6 is 36.6 Å². The van der Waals surface area contributed by atoms with Gasteiger partial charge in [0.25, 0.3) is 0 Å². The predicted octanol–water partition coefficient (Wildman–Crippen LogP) is 2.23. The summed E-state index contributed by atoms with van der Waals surface area (Å²) >= 11 is 1.79. The Kier molecular flexibility index (Phi) is 8.54. The maximum absolute atomic E-state index is 12.2. The predicted molar refractivity (Wildman–Crippen MR) is 95.9 cm³/mol. The van der Waals surface area contributed by atoms with Crippen molar-refractivity contribution in [2.45, 2.75) is 12.2 Å². The van der Waals surface area contributed by atoms with Gasteiger partial charge in [-0.2, -0.15) is 11.8 Å². The van der Waals surface area contributed by atoms with Gasteiger partial charge in [0.05, 0.1) is 5.69 Å². The number of carbonyl (C=O) groups excluding carboxylic acids is 1. The van der Waals surface area contributed by atoms with Crippen molar-refractivity contribution in [1.29, 1.82) is 0 Å². The summed E-state index contributed by atoms with van der Waals surface area (Å²) in [4.78, 5) is 18.5. The number of fused-ring (bicyclic) bond motifs is 1. The van der Waals surface area contributed by atoms with E-state index in [0.717, 1.165) is 43.4 Å². The number of aromatic nitrogens is 1. The third kappa shape index (κ3) is 5.01. The van der Waals surface area contributed by atoms with Gasteiger partial charge in [-0.3, -0.25) is 9.78 Å². The average molecular weight is 364 g/mol. The molecule has 0 unspecified atom stereocenters. The Labute approximate surface area is 148 Å². The van der Waals surface area contributed by atoms with Crippen LogP contribution in [0.5, 0.6) is 0 Å². The molecule has 2 saturated heterocycles. The van der Waals surface area contributed by atoms with Gasteiger partial charge >= 0.3 is 0 Å². The second kappa shape index (κ2) is 9.60. The fourth-order valence-electron chi connectivity index (χ4n) is 3.04. The lowest BCUT2D eigenvalue weighted by Crippen LogP contribution is -2.32. The lowest BCUT2D eigenvalue weighted by atomic mass is 10.0. The van der Waals surface area contributed by atoms with E-state index in [1.165, 1.54) is 0 Å². The van der Waals surface area contributed by atoms with Crippen LogP contribution in [0.3, 0.4) is 0 Å². The highest BCUT2D eigenvalue weighted by molar-refractivity contribution is 7.98. The summed E-state index contributed by atoms with van der Waals surface area (Å²) < 4.78 is 0. The first-order valence-corrected chi connectivity index (χ1v) is 8.44. The molecule has 0 bridgehead atoms. The summed E-state index contributed by atoms with van der Waals surface area (Å²) in [5, 5.41) is 3.41. The van der Waals surface area contributed by atoms with Crippen LogP contribution < -0.4 is 5.32 Å². The average Bonchev–Trinajstić information content (AvgIpc) is 3.05. The summed E-state index contributed by atoms with van der Waals surface area (Å²) in [6.07, 6.45) is 2.47. The molecular formula is C15H23Cl2N3OS. The van der Waals surface area contributed by atoms with E-state index in [1.807, 2.05) is 24.4 Å². The van der Waals surface area contributed by atoms with Crippen molar-refractivity contribution in [1.82, 2.24) is 15.2 Å². The SMILES string of the molecule is Cl.Cl.O=C(CCSCc1ccccn1)N1C[C@H]2CNC[C@H]2C1. The normalized spacial score (nSPS) is 22.6. The van der Waals surface area contributed by atoms with E-state index in [2.05, 4.69) is 15.2 Å². The van der Waals surface area contributed by atoms with Gasteiger partial charge in [-0.15, -0.1) is 24.8 Å². The van der Waals surface area contributed by atoms with Crippen LogP contribution in [-0.2, 0) is 10.5 Å². The molecule has 3 heterocycles. The Morgan fingerprint density at radius 2 is 2.00 bits per heavy atom. The number of likely N-dealkylation sites (tertiary alicyclic amines) is 1. The first-order valence-electron chi connectivity index (χ1n) is 7.29. The Morgan fingerprint density at radius 3 is 2.64 bits per heavy atom. The minimum atomic E-state index is 0. The molecule has 124 valence electrons. The highest BCUT2D eigenvalue weighted by Crippen LogP contribution is 2.26. The second-order valence-electron chi connectivity index (χ2n) is 5.60. The van der Waals surface area contributed by atoms with Crippen LogP contribution in [0, 0.1) is 11.8 Å². The zero-order valence-corrected chi connectivity index (χ0v) is 14.9. The molecule has 3 rings (SSSR count). The van der Waals surface area contributed by atoms with Gasteiger partial charge in [-0.05, 0) is 24.0 Å². The van der Waals surface area contributed by atoms with Gasteiger partial charge in [0, 0.05) is 50.3 Å². The lowest BCUT2D eigenvalue weighted by Gasteiger charge is -2.17. The lowest BCUT2D eigenvalue weighted by molar-refractivity contribution is -0.129. The van der Waals surface area contributed by atoms with Crippen molar-refractivity contribution < 1.29 is 4.79 Å². The van der Waals surface area contributed by atoms with Gasteiger partial charge in [0.2, 0.25) is 5.91 Å². The minimum absolute atomic E-state index is 0. The molecule has 1 aromatic rings. The molecular weight excluding hydrogens is 341 g/mol. The summed E-state index contributed by atoms with van der Waals surface area (Å²) in [6, 6.07) is 5.96. The number of nitrogens with one attached hydrogen (secondary N) is 1. The zero-order valence-electron chi connectivity index (χ0n) is 12.4. The van der Waals surface area contributed by atoms with E-state index in [4.69, 9.17) is 0 Å². The van der Waals surface area contributed by atoms with Gasteiger partial charge in [-0.25, -0.2) is 0 Å². The summed E-state index contributed by atoms with van der Waals surface area (Å²) in [6.45, 7) is 4.09. The van der Waals surface area contributed by atoms with E-state index in [0.29, 0.717) is 24.2 Å². The molecule has 0 aromatic carbocycles. The highest BCUT2D eigenvalue weighted by atomic mass is 35.5. The number of hydrogen-bond acceptors (Lipinski definition) is 4. The largest absolute Gasteiger partial charge is 0.342 e. The third-order valence-corrected chi connectivity index (χ3v) is 5.17. The molecule has 1 amide bonds. The molecule has 1 aromatic heterocycles. The maximum atomic E-state index is 12.2. The van der Waals surface area contributed by atoms with Crippen molar-refractivity contribution in [3.63, 3.8) is 0 Å². The summed E-state index contributed by atoms with van der Waals surface area (Å²) in [5.41, 5.74) is 1.09. The highest BCUT2D eigenvalue weighted by Gasteiger charge is 2.37. The Bertz CT molecular complexity index is 451. The van der Waals surface area contributed by atoms with Crippen LogP contribution in [0.15, 0.2) is 24.4 Å². The van der Waals surface area contributed by atoms with E-state index in [9.17, 15) is 4.79 Å². The first-order chi connectivity index (χ1) is 9.83. The van der Waals surface area contributed by atoms with E-state index >= 15 is 0 Å². The van der Waals surface area contributed by atoms with Crippen molar-refractivity contribution in [3.05, 3.63) is 30.1 Å². The number of thioether (sulfide) groups is 1. The Hall–Kier alpha value is -0.490. The van der Waals surface area contributed by atoms with Gasteiger partial charge in [-0.1, -0.05) is 6.07 Å².